The number of alkyl halides is 4. The van der Waals surface area contributed by atoms with Crippen molar-refractivity contribution in [2.75, 3.05) is 38.2 Å². The van der Waals surface area contributed by atoms with Crippen LogP contribution in [0.4, 0.5) is 23.2 Å². The van der Waals surface area contributed by atoms with Gasteiger partial charge in [0, 0.05) is 25.7 Å². The van der Waals surface area contributed by atoms with Gasteiger partial charge in [0.1, 0.15) is 0 Å². The van der Waals surface area contributed by atoms with Crippen molar-refractivity contribution in [2.45, 2.75) is 44.1 Å². The molecule has 2 atom stereocenters. The zero-order valence-electron chi connectivity index (χ0n) is 17.6. The third-order valence-corrected chi connectivity index (χ3v) is 6.13. The Morgan fingerprint density at radius 1 is 1.13 bits per heavy atom. The van der Waals surface area contributed by atoms with Gasteiger partial charge < -0.3 is 5.32 Å². The first-order chi connectivity index (χ1) is 14.8. The number of nitrogens with zero attached hydrogens (tertiary/aromatic N) is 3. The van der Waals surface area contributed by atoms with Crippen molar-refractivity contribution < 1.29 is 17.6 Å². The summed E-state index contributed by atoms with van der Waals surface area (Å²) in [6, 6.07) is 10.9. The van der Waals surface area contributed by atoms with E-state index in [4.69, 9.17) is 0 Å². The molecule has 1 unspecified atom stereocenters. The molecule has 31 heavy (non-hydrogen) atoms. The summed E-state index contributed by atoms with van der Waals surface area (Å²) in [7, 11) is 0. The standard InChI is InChI=1S/C23H28F4N4/c1-16-11-17-5-2-3-6-20(17)22(31(16)15-23(25,26)27)21-8-7-18(12-28-21)29-19-13-30(14-19)10-4-9-24/h2-3,5-8,12,16,19,22,29H,4,9-11,13-15H2,1H3/t16-,22?/m1/s1. The lowest BCUT2D eigenvalue weighted by Crippen LogP contribution is -2.54. The van der Waals surface area contributed by atoms with E-state index in [1.165, 1.54) is 4.90 Å². The second-order valence-corrected chi connectivity index (χ2v) is 8.56. The lowest BCUT2D eigenvalue weighted by atomic mass is 9.87. The maximum atomic E-state index is 13.3. The molecule has 0 saturated carbocycles. The van der Waals surface area contributed by atoms with E-state index < -0.39 is 18.8 Å². The van der Waals surface area contributed by atoms with Crippen LogP contribution < -0.4 is 5.32 Å². The molecule has 0 bridgehead atoms. The number of anilines is 1. The number of nitrogens with one attached hydrogen (secondary N) is 1. The van der Waals surface area contributed by atoms with Gasteiger partial charge in [-0.3, -0.25) is 19.2 Å². The fourth-order valence-electron chi connectivity index (χ4n) is 4.65. The van der Waals surface area contributed by atoms with Crippen LogP contribution in [0.25, 0.3) is 0 Å². The van der Waals surface area contributed by atoms with E-state index in [9.17, 15) is 17.6 Å². The predicted molar refractivity (Wildman–Crippen MR) is 113 cm³/mol. The quantitative estimate of drug-likeness (QED) is 0.651. The number of benzene rings is 1. The van der Waals surface area contributed by atoms with Gasteiger partial charge in [-0.2, -0.15) is 13.2 Å². The van der Waals surface area contributed by atoms with E-state index in [-0.39, 0.29) is 18.8 Å². The summed E-state index contributed by atoms with van der Waals surface area (Å²) in [5, 5.41) is 3.40. The Bertz CT molecular complexity index is 865. The number of fused-ring (bicyclic) bond motifs is 1. The molecule has 4 nitrogen and oxygen atoms in total. The van der Waals surface area contributed by atoms with Gasteiger partial charge >= 0.3 is 6.18 Å². The maximum Gasteiger partial charge on any atom is 0.401 e. The van der Waals surface area contributed by atoms with Crippen molar-refractivity contribution in [2.24, 2.45) is 0 Å². The maximum absolute atomic E-state index is 13.3. The van der Waals surface area contributed by atoms with Crippen molar-refractivity contribution in [3.05, 3.63) is 59.4 Å². The molecule has 1 saturated heterocycles. The minimum absolute atomic E-state index is 0.244. The molecule has 1 aromatic heterocycles. The van der Waals surface area contributed by atoms with Crippen LogP contribution >= 0.6 is 0 Å². The Morgan fingerprint density at radius 2 is 1.90 bits per heavy atom. The molecule has 1 aromatic carbocycles. The summed E-state index contributed by atoms with van der Waals surface area (Å²) >= 11 is 0. The zero-order chi connectivity index (χ0) is 22.0. The van der Waals surface area contributed by atoms with Gasteiger partial charge in [-0.25, -0.2) is 0 Å². The number of hydrogen-bond acceptors (Lipinski definition) is 4. The van der Waals surface area contributed by atoms with Crippen molar-refractivity contribution in [3.63, 3.8) is 0 Å². The molecule has 0 amide bonds. The molecule has 1 N–H and O–H groups in total. The molecule has 1 fully saturated rings. The van der Waals surface area contributed by atoms with E-state index in [0.717, 1.165) is 36.4 Å². The zero-order valence-corrected chi connectivity index (χ0v) is 17.6. The number of likely N-dealkylation sites (tertiary alicyclic amines) is 1. The smallest absolute Gasteiger partial charge is 0.378 e. The SMILES string of the molecule is C[C@@H]1Cc2ccccc2C(c2ccc(NC3CN(CCCF)C3)cn2)N1CC(F)(F)F. The molecule has 2 aliphatic rings. The van der Waals surface area contributed by atoms with Crippen LogP contribution in [0.3, 0.4) is 0 Å². The minimum atomic E-state index is -4.28. The van der Waals surface area contributed by atoms with Gasteiger partial charge in [-0.15, -0.1) is 0 Å². The molecular weight excluding hydrogens is 408 g/mol. The van der Waals surface area contributed by atoms with Gasteiger partial charge in [0.15, 0.2) is 0 Å². The molecule has 0 aliphatic carbocycles. The molecule has 0 radical (unpaired) electrons. The summed E-state index contributed by atoms with van der Waals surface area (Å²) in [5.41, 5.74) is 3.43. The molecule has 0 spiro atoms. The Labute approximate surface area is 180 Å². The molecule has 168 valence electrons. The Hall–Kier alpha value is -2.19. The van der Waals surface area contributed by atoms with Crippen molar-refractivity contribution in [3.8, 4) is 0 Å². The van der Waals surface area contributed by atoms with Gasteiger partial charge in [-0.05, 0) is 43.0 Å². The van der Waals surface area contributed by atoms with Crippen LogP contribution in [-0.2, 0) is 6.42 Å². The first-order valence-electron chi connectivity index (χ1n) is 10.7. The third kappa shape index (κ3) is 5.18. The predicted octanol–water partition coefficient (Wildman–Crippen LogP) is 4.44. The van der Waals surface area contributed by atoms with Crippen LogP contribution in [0, 0.1) is 0 Å². The highest BCUT2D eigenvalue weighted by molar-refractivity contribution is 5.45. The highest BCUT2D eigenvalue weighted by Crippen LogP contribution is 2.39. The van der Waals surface area contributed by atoms with Crippen molar-refractivity contribution in [1.29, 1.82) is 0 Å². The van der Waals surface area contributed by atoms with Crippen LogP contribution in [0.2, 0.25) is 0 Å². The molecule has 4 rings (SSSR count). The van der Waals surface area contributed by atoms with Gasteiger partial charge in [-0.1, -0.05) is 24.3 Å². The highest BCUT2D eigenvalue weighted by Gasteiger charge is 2.41. The summed E-state index contributed by atoms with van der Waals surface area (Å²) in [6.45, 7) is 3.05. The molecule has 2 aliphatic heterocycles. The average molecular weight is 436 g/mol. The molecule has 8 heteroatoms. The van der Waals surface area contributed by atoms with E-state index >= 15 is 0 Å². The topological polar surface area (TPSA) is 31.4 Å². The Morgan fingerprint density at radius 3 is 2.58 bits per heavy atom. The summed E-state index contributed by atoms with van der Waals surface area (Å²) in [4.78, 5) is 8.26. The normalized spacial score (nSPS) is 22.7. The number of aromatic nitrogens is 1. The van der Waals surface area contributed by atoms with Crippen molar-refractivity contribution >= 4 is 5.69 Å². The first kappa shape index (κ1) is 22.0. The fraction of sp³-hybridized carbons (Fsp3) is 0.522. The van der Waals surface area contributed by atoms with E-state index in [2.05, 4.69) is 15.2 Å². The summed E-state index contributed by atoms with van der Waals surface area (Å²) in [5.74, 6) is 0. The van der Waals surface area contributed by atoms with E-state index in [1.54, 1.807) is 6.20 Å². The number of rotatable bonds is 7. The van der Waals surface area contributed by atoms with E-state index in [0.29, 0.717) is 18.5 Å². The van der Waals surface area contributed by atoms with Gasteiger partial charge in [0.05, 0.1) is 42.9 Å². The number of pyridine rings is 1. The fourth-order valence-corrected chi connectivity index (χ4v) is 4.65. The Kier molecular flexibility index (Phi) is 6.48. The molecule has 3 heterocycles. The first-order valence-corrected chi connectivity index (χ1v) is 10.7. The summed E-state index contributed by atoms with van der Waals surface area (Å²) < 4.78 is 52.3. The monoisotopic (exact) mass is 436 g/mol. The highest BCUT2D eigenvalue weighted by atomic mass is 19.4. The van der Waals surface area contributed by atoms with Crippen molar-refractivity contribution in [1.82, 2.24) is 14.8 Å². The largest absolute Gasteiger partial charge is 0.401 e. The van der Waals surface area contributed by atoms with Crippen LogP contribution in [-0.4, -0.2) is 65.9 Å². The third-order valence-electron chi connectivity index (χ3n) is 6.13. The minimum Gasteiger partial charge on any atom is -0.378 e. The Balaban J connectivity index is 1.51. The van der Waals surface area contributed by atoms with Crippen LogP contribution in [0.15, 0.2) is 42.6 Å². The second-order valence-electron chi connectivity index (χ2n) is 8.56. The number of hydrogen-bond donors (Lipinski definition) is 1. The lowest BCUT2D eigenvalue weighted by molar-refractivity contribution is -0.155. The molecule has 2 aromatic rings. The van der Waals surface area contributed by atoms with E-state index in [1.807, 2.05) is 43.3 Å². The van der Waals surface area contributed by atoms with Crippen LogP contribution in [0.5, 0.6) is 0 Å². The molecular formula is C23H28F4N4. The lowest BCUT2D eigenvalue weighted by Gasteiger charge is -2.42. The second kappa shape index (κ2) is 9.12. The number of halogens is 4. The van der Waals surface area contributed by atoms with Gasteiger partial charge in [0.2, 0.25) is 0 Å². The summed E-state index contributed by atoms with van der Waals surface area (Å²) in [6.07, 6.45) is -1.44. The average Bonchev–Trinajstić information content (AvgIpc) is 2.70. The van der Waals surface area contributed by atoms with Gasteiger partial charge in [0.25, 0.3) is 0 Å². The van der Waals surface area contributed by atoms with Crippen LogP contribution in [0.1, 0.15) is 36.2 Å².